The van der Waals surface area contributed by atoms with Crippen molar-refractivity contribution in [3.63, 3.8) is 0 Å². The molecule has 2 aromatic carbocycles. The Morgan fingerprint density at radius 1 is 1.20 bits per heavy atom. The third-order valence-electron chi connectivity index (χ3n) is 5.09. The van der Waals surface area contributed by atoms with Gasteiger partial charge in [0.25, 0.3) is 11.6 Å². The number of rotatable bonds is 5. The normalized spacial score (nSPS) is 14.2. The van der Waals surface area contributed by atoms with Gasteiger partial charge < -0.3 is 14.5 Å². The van der Waals surface area contributed by atoms with Crippen molar-refractivity contribution >= 4 is 50.3 Å². The molecule has 1 aromatic heterocycles. The van der Waals surface area contributed by atoms with E-state index in [4.69, 9.17) is 16.3 Å². The molecule has 9 heteroatoms. The predicted octanol–water partition coefficient (Wildman–Crippen LogP) is 4.82. The first kappa shape index (κ1) is 20.4. The van der Waals surface area contributed by atoms with Gasteiger partial charge in [0.15, 0.2) is 0 Å². The monoisotopic (exact) mass is 445 g/mol. The van der Waals surface area contributed by atoms with E-state index < -0.39 is 4.92 Å². The van der Waals surface area contributed by atoms with Crippen molar-refractivity contribution in [2.75, 3.05) is 37.7 Å². The number of piperazine rings is 1. The fourth-order valence-corrected chi connectivity index (χ4v) is 5.11. The summed E-state index contributed by atoms with van der Waals surface area (Å²) in [4.78, 5) is 28.1. The molecule has 1 fully saturated rings. The van der Waals surface area contributed by atoms with Crippen LogP contribution in [0.5, 0.6) is 5.75 Å². The summed E-state index contributed by atoms with van der Waals surface area (Å²) in [6, 6.07) is 12.4. The Balaban J connectivity index is 1.51. The molecule has 0 N–H and O–H groups in total. The number of ether oxygens (including phenoxy) is 1. The number of amides is 1. The number of nitrogens with zero attached hydrogens (tertiary/aromatic N) is 3. The fourth-order valence-electron chi connectivity index (χ4n) is 3.59. The first-order valence-electron chi connectivity index (χ1n) is 9.62. The van der Waals surface area contributed by atoms with Crippen LogP contribution in [0.3, 0.4) is 0 Å². The van der Waals surface area contributed by atoms with Crippen LogP contribution in [0.15, 0.2) is 42.5 Å². The Morgan fingerprint density at radius 3 is 2.63 bits per heavy atom. The van der Waals surface area contributed by atoms with Crippen LogP contribution in [0, 0.1) is 10.1 Å². The highest BCUT2D eigenvalue weighted by Crippen LogP contribution is 2.38. The standard InChI is InChI=1S/C21H20ClN3O4S/c1-2-29-17-6-4-3-5-16(17)23-9-11-24(12-10-23)21(26)20-19(22)15-8-7-14(25(27)28)13-18(15)30-20/h3-8,13H,2,9-12H2,1H3. The van der Waals surface area contributed by atoms with Crippen LogP contribution in [0.1, 0.15) is 16.6 Å². The van der Waals surface area contributed by atoms with E-state index >= 15 is 0 Å². The number of benzene rings is 2. The number of non-ortho nitro benzene ring substituents is 1. The van der Waals surface area contributed by atoms with Gasteiger partial charge >= 0.3 is 0 Å². The second-order valence-corrected chi connectivity index (χ2v) is 8.29. The third kappa shape index (κ3) is 3.80. The number of halogens is 1. The highest BCUT2D eigenvalue weighted by atomic mass is 35.5. The number of nitro groups is 1. The summed E-state index contributed by atoms with van der Waals surface area (Å²) in [6.45, 7) is 5.04. The Kier molecular flexibility index (Phi) is 5.78. The molecule has 7 nitrogen and oxygen atoms in total. The van der Waals surface area contributed by atoms with E-state index in [1.54, 1.807) is 11.0 Å². The number of fused-ring (bicyclic) bond motifs is 1. The lowest BCUT2D eigenvalue weighted by Gasteiger charge is -2.36. The molecule has 1 aliphatic heterocycles. The third-order valence-corrected chi connectivity index (χ3v) is 6.74. The van der Waals surface area contributed by atoms with Gasteiger partial charge in [0.05, 0.1) is 22.2 Å². The largest absolute Gasteiger partial charge is 0.492 e. The summed E-state index contributed by atoms with van der Waals surface area (Å²) in [5.74, 6) is 0.704. The SMILES string of the molecule is CCOc1ccccc1N1CCN(C(=O)c2sc3cc([N+](=O)[O-])ccc3c2Cl)CC1. The molecule has 2 heterocycles. The van der Waals surface area contributed by atoms with E-state index in [1.165, 1.54) is 23.5 Å². The fraction of sp³-hybridized carbons (Fsp3) is 0.286. The van der Waals surface area contributed by atoms with Crippen molar-refractivity contribution in [3.8, 4) is 5.75 Å². The summed E-state index contributed by atoms with van der Waals surface area (Å²) >= 11 is 7.65. The zero-order valence-corrected chi connectivity index (χ0v) is 17.9. The van der Waals surface area contributed by atoms with Gasteiger partial charge in [-0.15, -0.1) is 11.3 Å². The Hall–Kier alpha value is -2.84. The molecule has 0 saturated carbocycles. The summed E-state index contributed by atoms with van der Waals surface area (Å²) in [5.41, 5.74) is 1.01. The van der Waals surface area contributed by atoms with E-state index in [0.29, 0.717) is 52.8 Å². The minimum atomic E-state index is -0.451. The van der Waals surface area contributed by atoms with Crippen LogP contribution < -0.4 is 9.64 Å². The predicted molar refractivity (Wildman–Crippen MR) is 119 cm³/mol. The quantitative estimate of drug-likeness (QED) is 0.415. The molecule has 0 unspecified atom stereocenters. The Morgan fingerprint density at radius 2 is 1.93 bits per heavy atom. The molecule has 0 bridgehead atoms. The van der Waals surface area contributed by atoms with Crippen LogP contribution in [-0.2, 0) is 0 Å². The van der Waals surface area contributed by atoms with Gasteiger partial charge in [-0.25, -0.2) is 0 Å². The van der Waals surface area contributed by atoms with Gasteiger partial charge in [-0.3, -0.25) is 14.9 Å². The number of anilines is 1. The number of hydrogen-bond donors (Lipinski definition) is 0. The van der Waals surface area contributed by atoms with Crippen LogP contribution in [0.4, 0.5) is 11.4 Å². The van der Waals surface area contributed by atoms with Crippen molar-refractivity contribution in [2.24, 2.45) is 0 Å². The summed E-state index contributed by atoms with van der Waals surface area (Å²) in [6.07, 6.45) is 0. The van der Waals surface area contributed by atoms with Crippen molar-refractivity contribution in [1.82, 2.24) is 4.90 Å². The summed E-state index contributed by atoms with van der Waals surface area (Å²) in [7, 11) is 0. The number of nitro benzene ring substituents is 1. The zero-order chi connectivity index (χ0) is 21.3. The highest BCUT2D eigenvalue weighted by Gasteiger charge is 2.27. The summed E-state index contributed by atoms with van der Waals surface area (Å²) in [5, 5.41) is 12.0. The lowest BCUT2D eigenvalue weighted by atomic mass is 10.2. The minimum Gasteiger partial charge on any atom is -0.492 e. The lowest BCUT2D eigenvalue weighted by molar-refractivity contribution is -0.384. The second-order valence-electron chi connectivity index (χ2n) is 6.86. The maximum Gasteiger partial charge on any atom is 0.270 e. The zero-order valence-electron chi connectivity index (χ0n) is 16.3. The molecule has 0 radical (unpaired) electrons. The molecular formula is C21H20ClN3O4S. The highest BCUT2D eigenvalue weighted by molar-refractivity contribution is 7.21. The van der Waals surface area contributed by atoms with Crippen LogP contribution in [0.25, 0.3) is 10.1 Å². The number of hydrogen-bond acceptors (Lipinski definition) is 6. The molecule has 1 amide bonds. The van der Waals surface area contributed by atoms with E-state index in [2.05, 4.69) is 4.90 Å². The van der Waals surface area contributed by atoms with Crippen molar-refractivity contribution in [1.29, 1.82) is 0 Å². The van der Waals surface area contributed by atoms with Crippen molar-refractivity contribution in [3.05, 3.63) is 62.5 Å². The average Bonchev–Trinajstić information content (AvgIpc) is 3.10. The second kappa shape index (κ2) is 8.49. The molecule has 0 atom stereocenters. The van der Waals surface area contributed by atoms with E-state index in [0.717, 1.165) is 11.4 Å². The number of carbonyl (C=O) groups excluding carboxylic acids is 1. The number of carbonyl (C=O) groups is 1. The first-order chi connectivity index (χ1) is 14.5. The van der Waals surface area contributed by atoms with Gasteiger partial charge in [-0.1, -0.05) is 23.7 Å². The average molecular weight is 446 g/mol. The van der Waals surface area contributed by atoms with Gasteiger partial charge in [-0.05, 0) is 25.1 Å². The van der Waals surface area contributed by atoms with Gasteiger partial charge in [0, 0.05) is 48.4 Å². The van der Waals surface area contributed by atoms with Gasteiger partial charge in [0.1, 0.15) is 10.6 Å². The van der Waals surface area contributed by atoms with Crippen molar-refractivity contribution in [2.45, 2.75) is 6.92 Å². The molecule has 0 aliphatic carbocycles. The molecule has 1 aliphatic rings. The molecule has 30 heavy (non-hydrogen) atoms. The molecule has 3 aromatic rings. The topological polar surface area (TPSA) is 75.9 Å². The van der Waals surface area contributed by atoms with Crippen LogP contribution in [-0.4, -0.2) is 48.5 Å². The first-order valence-corrected chi connectivity index (χ1v) is 10.8. The molecule has 1 saturated heterocycles. The van der Waals surface area contributed by atoms with Gasteiger partial charge in [-0.2, -0.15) is 0 Å². The maximum absolute atomic E-state index is 13.1. The van der Waals surface area contributed by atoms with Crippen LogP contribution in [0.2, 0.25) is 5.02 Å². The molecule has 4 rings (SSSR count). The molecule has 0 spiro atoms. The molecule has 156 valence electrons. The minimum absolute atomic E-state index is 0.0130. The van der Waals surface area contributed by atoms with Gasteiger partial charge in [0.2, 0.25) is 0 Å². The smallest absolute Gasteiger partial charge is 0.270 e. The Labute approximate surface area is 182 Å². The number of para-hydroxylation sites is 2. The van der Waals surface area contributed by atoms with Crippen molar-refractivity contribution < 1.29 is 14.5 Å². The number of thiophene rings is 1. The van der Waals surface area contributed by atoms with E-state index in [1.807, 2.05) is 31.2 Å². The van der Waals surface area contributed by atoms with E-state index in [-0.39, 0.29) is 11.6 Å². The Bertz CT molecular complexity index is 1110. The molecular weight excluding hydrogens is 426 g/mol. The lowest BCUT2D eigenvalue weighted by Crippen LogP contribution is -2.48. The van der Waals surface area contributed by atoms with Crippen LogP contribution >= 0.6 is 22.9 Å². The summed E-state index contributed by atoms with van der Waals surface area (Å²) < 4.78 is 6.36. The maximum atomic E-state index is 13.1. The van der Waals surface area contributed by atoms with E-state index in [9.17, 15) is 14.9 Å².